The average Bonchev–Trinajstić information content (AvgIpc) is 3.32. The summed E-state index contributed by atoms with van der Waals surface area (Å²) in [4.78, 5) is 12.2. The molecule has 1 fully saturated rings. The molecule has 0 radical (unpaired) electrons. The van der Waals surface area contributed by atoms with E-state index < -0.39 is 18.2 Å². The van der Waals surface area contributed by atoms with Gasteiger partial charge in [0.05, 0.1) is 12.7 Å². The molecule has 1 aliphatic heterocycles. The number of carbonyl (C=O) groups is 1. The number of aromatic nitrogens is 2. The Morgan fingerprint density at radius 2 is 2.04 bits per heavy atom. The summed E-state index contributed by atoms with van der Waals surface area (Å²) in [6.07, 6.45) is 0.728. The van der Waals surface area contributed by atoms with Crippen molar-refractivity contribution >= 4 is 5.97 Å². The third-order valence-corrected chi connectivity index (χ3v) is 4.27. The first-order chi connectivity index (χ1) is 12.5. The predicted molar refractivity (Wildman–Crippen MR) is 93.4 cm³/mol. The third kappa shape index (κ3) is 4.68. The molecule has 1 saturated heterocycles. The monoisotopic (exact) mass is 360 g/mol. The summed E-state index contributed by atoms with van der Waals surface area (Å²) in [5, 5.41) is 8.00. The first-order valence-corrected chi connectivity index (χ1v) is 8.87. The van der Waals surface area contributed by atoms with E-state index in [-0.39, 0.29) is 12.0 Å². The molecule has 0 saturated carbocycles. The minimum absolute atomic E-state index is 0.0654. The van der Waals surface area contributed by atoms with Crippen molar-refractivity contribution in [3.63, 3.8) is 0 Å². The molecule has 1 aliphatic rings. The molecule has 2 heterocycles. The van der Waals surface area contributed by atoms with Crippen LogP contribution >= 0.6 is 0 Å². The molecule has 3 unspecified atom stereocenters. The maximum Gasteiger partial charge on any atom is 0.335 e. The Morgan fingerprint density at radius 3 is 2.73 bits per heavy atom. The second-order valence-electron chi connectivity index (χ2n) is 6.50. The highest BCUT2D eigenvalue weighted by molar-refractivity contribution is 5.74. The Labute approximate surface area is 152 Å². The van der Waals surface area contributed by atoms with E-state index in [1.807, 2.05) is 31.2 Å². The molecule has 3 rings (SSSR count). The zero-order valence-corrected chi connectivity index (χ0v) is 15.3. The van der Waals surface area contributed by atoms with Gasteiger partial charge in [0.1, 0.15) is 0 Å². The Morgan fingerprint density at radius 1 is 1.27 bits per heavy atom. The van der Waals surface area contributed by atoms with Gasteiger partial charge in [0.2, 0.25) is 5.89 Å². The molecule has 1 aromatic heterocycles. The Hall–Kier alpha value is -2.25. The van der Waals surface area contributed by atoms with Crippen molar-refractivity contribution in [1.82, 2.24) is 10.2 Å². The summed E-state index contributed by atoms with van der Waals surface area (Å²) in [6, 6.07) is 7.75. The first-order valence-electron chi connectivity index (χ1n) is 8.87. The van der Waals surface area contributed by atoms with Gasteiger partial charge in [-0.1, -0.05) is 17.7 Å². The predicted octanol–water partition coefficient (Wildman–Crippen LogP) is 3.23. The lowest BCUT2D eigenvalue weighted by atomic mass is 10.1. The fourth-order valence-electron chi connectivity index (χ4n) is 2.63. The molecular formula is C19H24N2O5. The summed E-state index contributed by atoms with van der Waals surface area (Å²) in [5.41, 5.74) is 1.97. The molecule has 2 aromatic rings. The largest absolute Gasteiger partial charge is 0.451 e. The van der Waals surface area contributed by atoms with E-state index in [9.17, 15) is 4.79 Å². The number of ether oxygens (including phenoxy) is 3. The molecule has 7 heteroatoms. The van der Waals surface area contributed by atoms with Gasteiger partial charge in [0.15, 0.2) is 12.2 Å². The molecule has 3 atom stereocenters. The van der Waals surface area contributed by atoms with Crippen LogP contribution in [0.5, 0.6) is 0 Å². The van der Waals surface area contributed by atoms with Crippen LogP contribution in [0.1, 0.15) is 44.2 Å². The van der Waals surface area contributed by atoms with E-state index >= 15 is 0 Å². The van der Waals surface area contributed by atoms with Gasteiger partial charge in [-0.05, 0) is 45.7 Å². The molecule has 140 valence electrons. The van der Waals surface area contributed by atoms with Crippen molar-refractivity contribution in [3.05, 3.63) is 35.7 Å². The maximum atomic E-state index is 12.2. The number of aryl methyl sites for hydroxylation is 1. The lowest BCUT2D eigenvalue weighted by Gasteiger charge is -2.17. The minimum Gasteiger partial charge on any atom is -0.451 e. The molecule has 0 bridgehead atoms. The van der Waals surface area contributed by atoms with Gasteiger partial charge in [-0.3, -0.25) is 0 Å². The summed E-state index contributed by atoms with van der Waals surface area (Å²) in [6.45, 7) is 6.51. The normalized spacial score (nSPS) is 19.3. The van der Waals surface area contributed by atoms with Gasteiger partial charge in [-0.2, -0.15) is 0 Å². The smallest absolute Gasteiger partial charge is 0.335 e. The highest BCUT2D eigenvalue weighted by atomic mass is 16.6. The first kappa shape index (κ1) is 18.5. The summed E-state index contributed by atoms with van der Waals surface area (Å²) in [5.74, 6) is 0.177. The molecule has 26 heavy (non-hydrogen) atoms. The van der Waals surface area contributed by atoms with E-state index in [1.165, 1.54) is 0 Å². The molecule has 1 aromatic carbocycles. The van der Waals surface area contributed by atoms with Gasteiger partial charge in [0, 0.05) is 12.2 Å². The molecule has 0 aliphatic carbocycles. The fourth-order valence-corrected chi connectivity index (χ4v) is 2.63. The zero-order valence-electron chi connectivity index (χ0n) is 15.3. The molecule has 0 amide bonds. The van der Waals surface area contributed by atoms with Crippen molar-refractivity contribution in [2.75, 3.05) is 13.2 Å². The van der Waals surface area contributed by atoms with Gasteiger partial charge >= 0.3 is 5.97 Å². The molecular weight excluding hydrogens is 336 g/mol. The Kier molecular flexibility index (Phi) is 6.00. The Balaban J connectivity index is 1.53. The summed E-state index contributed by atoms with van der Waals surface area (Å²) < 4.78 is 22.0. The number of rotatable bonds is 7. The average molecular weight is 360 g/mol. The van der Waals surface area contributed by atoms with Gasteiger partial charge in [-0.15, -0.1) is 10.2 Å². The highest BCUT2D eigenvalue weighted by Crippen LogP contribution is 2.23. The van der Waals surface area contributed by atoms with Crippen LogP contribution in [-0.4, -0.2) is 41.6 Å². The number of esters is 1. The number of benzene rings is 1. The highest BCUT2D eigenvalue weighted by Gasteiger charge is 2.24. The van der Waals surface area contributed by atoms with Crippen LogP contribution in [0.3, 0.4) is 0 Å². The second kappa shape index (κ2) is 8.42. The van der Waals surface area contributed by atoms with Crippen molar-refractivity contribution in [2.24, 2.45) is 0 Å². The van der Waals surface area contributed by atoms with E-state index in [1.54, 1.807) is 13.8 Å². The lowest BCUT2D eigenvalue weighted by Crippen LogP contribution is -2.28. The number of carbonyl (C=O) groups excluding carboxylic acids is 1. The van der Waals surface area contributed by atoms with Crippen molar-refractivity contribution in [2.45, 2.75) is 51.9 Å². The van der Waals surface area contributed by atoms with E-state index in [0.717, 1.165) is 30.6 Å². The van der Waals surface area contributed by atoms with Crippen molar-refractivity contribution in [3.8, 4) is 11.5 Å². The fraction of sp³-hybridized carbons (Fsp3) is 0.526. The molecule has 7 nitrogen and oxygen atoms in total. The molecule has 0 spiro atoms. The van der Waals surface area contributed by atoms with Gasteiger partial charge in [0.25, 0.3) is 5.89 Å². The van der Waals surface area contributed by atoms with Crippen LogP contribution in [0.15, 0.2) is 28.7 Å². The van der Waals surface area contributed by atoms with E-state index in [4.69, 9.17) is 18.6 Å². The minimum atomic E-state index is -0.679. The quantitative estimate of drug-likeness (QED) is 0.701. The second-order valence-corrected chi connectivity index (χ2v) is 6.50. The van der Waals surface area contributed by atoms with Crippen LogP contribution in [-0.2, 0) is 19.0 Å². The van der Waals surface area contributed by atoms with Crippen molar-refractivity contribution < 1.29 is 23.4 Å². The SMILES string of the molecule is Cc1ccc(-c2nnc(C(C)OC(=O)C(C)OCC3CCCO3)o2)cc1. The van der Waals surface area contributed by atoms with Crippen molar-refractivity contribution in [1.29, 1.82) is 0 Å². The van der Waals surface area contributed by atoms with Crippen LogP contribution in [0.25, 0.3) is 11.5 Å². The van der Waals surface area contributed by atoms with Gasteiger partial charge in [-0.25, -0.2) is 4.79 Å². The third-order valence-electron chi connectivity index (χ3n) is 4.27. The van der Waals surface area contributed by atoms with Crippen LogP contribution in [0.4, 0.5) is 0 Å². The number of hydrogen-bond donors (Lipinski definition) is 0. The topological polar surface area (TPSA) is 83.7 Å². The maximum absolute atomic E-state index is 12.2. The van der Waals surface area contributed by atoms with Crippen LogP contribution in [0, 0.1) is 6.92 Å². The standard InChI is InChI=1S/C19H24N2O5/c1-12-6-8-15(9-7-12)18-21-20-17(26-18)13(2)25-19(22)14(3)24-11-16-5-4-10-23-16/h6-9,13-14,16H,4-5,10-11H2,1-3H3. The van der Waals surface area contributed by atoms with E-state index in [0.29, 0.717) is 12.5 Å². The molecule has 0 N–H and O–H groups in total. The van der Waals surface area contributed by atoms with E-state index in [2.05, 4.69) is 10.2 Å². The number of nitrogens with zero attached hydrogens (tertiary/aromatic N) is 2. The Bertz CT molecular complexity index is 722. The zero-order chi connectivity index (χ0) is 18.5. The lowest BCUT2D eigenvalue weighted by molar-refractivity contribution is -0.163. The summed E-state index contributed by atoms with van der Waals surface area (Å²) >= 11 is 0. The van der Waals surface area contributed by atoms with Gasteiger partial charge < -0.3 is 18.6 Å². The number of hydrogen-bond acceptors (Lipinski definition) is 7. The van der Waals surface area contributed by atoms with Crippen LogP contribution in [0.2, 0.25) is 0 Å². The summed E-state index contributed by atoms with van der Waals surface area (Å²) in [7, 11) is 0. The van der Waals surface area contributed by atoms with Crippen LogP contribution < -0.4 is 0 Å².